The number of hydrogen-bond acceptors (Lipinski definition) is 5. The number of rotatable bonds is 3. The maximum absolute atomic E-state index is 10.9. The lowest BCUT2D eigenvalue weighted by Crippen LogP contribution is -2.35. The fourth-order valence-electron chi connectivity index (χ4n) is 2.19. The van der Waals surface area contributed by atoms with Crippen molar-refractivity contribution in [3.63, 3.8) is 0 Å². The Morgan fingerprint density at radius 3 is 2.75 bits per heavy atom. The van der Waals surface area contributed by atoms with Crippen LogP contribution in [0, 0.1) is 0 Å². The standard InChI is InChI=1S/C14H14N4O2/c15-12(19)7-9-1-3-10(4-2-9)18-8-17-14-11(13(18)16)5-6-20-14/h1-6,8,13H,7,16H2,(H2,15,19). The summed E-state index contributed by atoms with van der Waals surface area (Å²) in [6, 6.07) is 9.28. The van der Waals surface area contributed by atoms with Crippen molar-refractivity contribution in [2.75, 3.05) is 4.90 Å². The van der Waals surface area contributed by atoms with E-state index < -0.39 is 0 Å². The summed E-state index contributed by atoms with van der Waals surface area (Å²) in [4.78, 5) is 16.9. The fraction of sp³-hybridized carbons (Fsp3) is 0.143. The van der Waals surface area contributed by atoms with Crippen LogP contribution in [-0.4, -0.2) is 12.2 Å². The average molecular weight is 270 g/mol. The van der Waals surface area contributed by atoms with Crippen LogP contribution < -0.4 is 16.4 Å². The van der Waals surface area contributed by atoms with Crippen molar-refractivity contribution < 1.29 is 9.21 Å². The van der Waals surface area contributed by atoms with Gasteiger partial charge in [-0.05, 0) is 23.8 Å². The number of primary amides is 1. The lowest BCUT2D eigenvalue weighted by Gasteiger charge is -2.28. The van der Waals surface area contributed by atoms with Crippen LogP contribution in [-0.2, 0) is 11.2 Å². The van der Waals surface area contributed by atoms with Crippen molar-refractivity contribution in [2.45, 2.75) is 12.6 Å². The van der Waals surface area contributed by atoms with Gasteiger partial charge >= 0.3 is 0 Å². The smallest absolute Gasteiger partial charge is 0.226 e. The van der Waals surface area contributed by atoms with E-state index in [1.807, 2.05) is 35.2 Å². The Hall–Kier alpha value is -2.60. The molecular weight excluding hydrogens is 256 g/mol. The van der Waals surface area contributed by atoms with Crippen LogP contribution in [0.1, 0.15) is 17.3 Å². The quantitative estimate of drug-likeness (QED) is 0.881. The van der Waals surface area contributed by atoms with Gasteiger partial charge in [0.05, 0.1) is 18.2 Å². The van der Waals surface area contributed by atoms with E-state index in [0.717, 1.165) is 16.8 Å². The molecule has 0 spiro atoms. The molecule has 0 saturated heterocycles. The third kappa shape index (κ3) is 2.17. The molecule has 4 N–H and O–H groups in total. The Morgan fingerprint density at radius 1 is 1.30 bits per heavy atom. The summed E-state index contributed by atoms with van der Waals surface area (Å²) in [7, 11) is 0. The molecule has 0 radical (unpaired) electrons. The number of anilines is 1. The number of benzene rings is 1. The maximum atomic E-state index is 10.9. The molecule has 1 unspecified atom stereocenters. The van der Waals surface area contributed by atoms with Crippen LogP contribution in [0.25, 0.3) is 0 Å². The van der Waals surface area contributed by atoms with E-state index in [1.165, 1.54) is 0 Å². The van der Waals surface area contributed by atoms with Gasteiger partial charge in [0.25, 0.3) is 0 Å². The van der Waals surface area contributed by atoms with Gasteiger partial charge in [-0.1, -0.05) is 12.1 Å². The van der Waals surface area contributed by atoms with Crippen molar-refractivity contribution in [2.24, 2.45) is 16.5 Å². The van der Waals surface area contributed by atoms with Gasteiger partial charge in [-0.15, -0.1) is 0 Å². The average Bonchev–Trinajstić information content (AvgIpc) is 2.89. The van der Waals surface area contributed by atoms with Gasteiger partial charge in [-0.2, -0.15) is 0 Å². The minimum Gasteiger partial charge on any atom is -0.446 e. The van der Waals surface area contributed by atoms with E-state index in [1.54, 1.807) is 12.6 Å². The zero-order valence-electron chi connectivity index (χ0n) is 10.7. The zero-order chi connectivity index (χ0) is 14.1. The van der Waals surface area contributed by atoms with Gasteiger partial charge in [0, 0.05) is 5.69 Å². The molecule has 0 bridgehead atoms. The molecule has 6 heteroatoms. The fourth-order valence-corrected chi connectivity index (χ4v) is 2.19. The predicted molar refractivity (Wildman–Crippen MR) is 75.6 cm³/mol. The second-order valence-corrected chi connectivity index (χ2v) is 4.59. The first-order chi connectivity index (χ1) is 9.65. The molecule has 0 aliphatic carbocycles. The number of carbonyl (C=O) groups is 1. The van der Waals surface area contributed by atoms with Crippen LogP contribution in [0.3, 0.4) is 0 Å². The second-order valence-electron chi connectivity index (χ2n) is 4.59. The van der Waals surface area contributed by atoms with E-state index in [-0.39, 0.29) is 18.5 Å². The van der Waals surface area contributed by atoms with E-state index in [9.17, 15) is 4.79 Å². The first-order valence-corrected chi connectivity index (χ1v) is 6.18. The predicted octanol–water partition coefficient (Wildman–Crippen LogP) is 1.44. The number of carbonyl (C=O) groups excluding carboxylic acids is 1. The lowest BCUT2D eigenvalue weighted by molar-refractivity contribution is -0.117. The summed E-state index contributed by atoms with van der Waals surface area (Å²) in [5.41, 5.74) is 14.0. The van der Waals surface area contributed by atoms with Crippen LogP contribution in [0.4, 0.5) is 11.6 Å². The highest BCUT2D eigenvalue weighted by Gasteiger charge is 2.24. The van der Waals surface area contributed by atoms with Gasteiger partial charge < -0.3 is 20.8 Å². The minimum absolute atomic E-state index is 0.228. The molecule has 2 aromatic rings. The summed E-state index contributed by atoms with van der Waals surface area (Å²) in [5.74, 6) is 0.191. The monoisotopic (exact) mass is 270 g/mol. The zero-order valence-corrected chi connectivity index (χ0v) is 10.7. The Kier molecular flexibility index (Phi) is 3.00. The molecule has 1 amide bonds. The van der Waals surface area contributed by atoms with E-state index in [4.69, 9.17) is 15.9 Å². The maximum Gasteiger partial charge on any atom is 0.226 e. The van der Waals surface area contributed by atoms with Crippen molar-refractivity contribution in [1.29, 1.82) is 0 Å². The first-order valence-electron chi connectivity index (χ1n) is 6.18. The third-order valence-corrected chi connectivity index (χ3v) is 3.20. The van der Waals surface area contributed by atoms with Gasteiger partial charge in [-0.3, -0.25) is 4.79 Å². The molecule has 1 aromatic heterocycles. The first kappa shape index (κ1) is 12.4. The van der Waals surface area contributed by atoms with Crippen molar-refractivity contribution in [3.05, 3.63) is 47.7 Å². The summed E-state index contributed by atoms with van der Waals surface area (Å²) in [6.45, 7) is 0. The number of nitrogens with two attached hydrogens (primary N) is 2. The Balaban J connectivity index is 1.85. The Bertz CT molecular complexity index is 660. The molecule has 1 aliphatic rings. The summed E-state index contributed by atoms with van der Waals surface area (Å²) in [5, 5.41) is 0. The highest BCUT2D eigenvalue weighted by atomic mass is 16.3. The minimum atomic E-state index is -0.350. The molecule has 102 valence electrons. The number of furan rings is 1. The third-order valence-electron chi connectivity index (χ3n) is 3.20. The van der Waals surface area contributed by atoms with Crippen LogP contribution in [0.5, 0.6) is 0 Å². The van der Waals surface area contributed by atoms with Gasteiger partial charge in [0.2, 0.25) is 11.8 Å². The van der Waals surface area contributed by atoms with E-state index in [2.05, 4.69) is 4.99 Å². The topological polar surface area (TPSA) is 97.9 Å². The van der Waals surface area contributed by atoms with E-state index in [0.29, 0.717) is 5.88 Å². The summed E-state index contributed by atoms with van der Waals surface area (Å²) < 4.78 is 5.22. The highest BCUT2D eigenvalue weighted by molar-refractivity contribution is 5.84. The van der Waals surface area contributed by atoms with Gasteiger partial charge in [0.15, 0.2) is 0 Å². The van der Waals surface area contributed by atoms with Crippen LogP contribution in [0.15, 0.2) is 46.0 Å². The molecule has 1 atom stereocenters. The molecule has 20 heavy (non-hydrogen) atoms. The number of amides is 1. The molecule has 1 aliphatic heterocycles. The molecule has 1 aromatic carbocycles. The number of nitrogens with zero attached hydrogens (tertiary/aromatic N) is 2. The van der Waals surface area contributed by atoms with Crippen LogP contribution in [0.2, 0.25) is 0 Å². The number of hydrogen-bond donors (Lipinski definition) is 2. The second kappa shape index (κ2) is 4.82. The summed E-state index contributed by atoms with van der Waals surface area (Å²) in [6.07, 6.45) is 3.09. The van der Waals surface area contributed by atoms with Crippen molar-refractivity contribution >= 4 is 23.8 Å². The van der Waals surface area contributed by atoms with Gasteiger partial charge in [-0.25, -0.2) is 4.99 Å². The molecule has 0 fully saturated rings. The largest absolute Gasteiger partial charge is 0.446 e. The molecular formula is C14H14N4O2. The molecule has 3 rings (SSSR count). The van der Waals surface area contributed by atoms with Crippen LogP contribution >= 0.6 is 0 Å². The Labute approximate surface area is 115 Å². The number of aliphatic imine (C=N–C) groups is 1. The van der Waals surface area contributed by atoms with Crippen molar-refractivity contribution in [3.8, 4) is 0 Å². The highest BCUT2D eigenvalue weighted by Crippen LogP contribution is 2.33. The Morgan fingerprint density at radius 2 is 2.05 bits per heavy atom. The molecule has 2 heterocycles. The normalized spacial score (nSPS) is 17.1. The van der Waals surface area contributed by atoms with E-state index >= 15 is 0 Å². The molecule has 0 saturated carbocycles. The number of fused-ring (bicyclic) bond motifs is 1. The SMILES string of the molecule is NC(=O)Cc1ccc(N2C=Nc3occc3C2N)cc1. The molecule has 6 nitrogen and oxygen atoms in total. The lowest BCUT2D eigenvalue weighted by atomic mass is 10.1. The summed E-state index contributed by atoms with van der Waals surface area (Å²) >= 11 is 0. The van der Waals surface area contributed by atoms with Crippen molar-refractivity contribution in [1.82, 2.24) is 0 Å². The van der Waals surface area contributed by atoms with Gasteiger partial charge in [0.1, 0.15) is 12.5 Å².